The molecule has 0 aliphatic heterocycles. The maximum Gasteiger partial charge on any atom is 0.416 e. The molecule has 0 saturated carbocycles. The molecule has 6 nitrogen and oxygen atoms in total. The summed E-state index contributed by atoms with van der Waals surface area (Å²) in [4.78, 5) is 1.18. The molecule has 1 heterocycles. The van der Waals surface area contributed by atoms with Gasteiger partial charge in [-0.3, -0.25) is 0 Å². The second-order valence-electron chi connectivity index (χ2n) is 7.11. The van der Waals surface area contributed by atoms with E-state index < -0.39 is 26.5 Å². The number of nitrogens with zero attached hydrogens (tertiary/aromatic N) is 3. The molecule has 1 aromatic heterocycles. The second-order valence-corrected chi connectivity index (χ2v) is 9.03. The monoisotopic (exact) mass is 453 g/mol. The van der Waals surface area contributed by atoms with Crippen LogP contribution in [0.15, 0.2) is 70.6 Å². The molecule has 0 fully saturated rings. The highest BCUT2D eigenvalue weighted by atomic mass is 32.2. The average Bonchev–Trinajstić information content (AvgIpc) is 3.16. The highest BCUT2D eigenvalue weighted by Gasteiger charge is 2.33. The minimum atomic E-state index is -4.66. The molecule has 0 aliphatic rings. The van der Waals surface area contributed by atoms with Crippen LogP contribution in [0.5, 0.6) is 5.88 Å². The molecule has 31 heavy (non-hydrogen) atoms. The van der Waals surface area contributed by atoms with Gasteiger partial charge in [-0.1, -0.05) is 24.3 Å². The van der Waals surface area contributed by atoms with Gasteiger partial charge in [0, 0.05) is 6.54 Å². The summed E-state index contributed by atoms with van der Waals surface area (Å²) < 4.78 is 72.7. The molecule has 0 radical (unpaired) electrons. The molecule has 0 amide bonds. The topological polar surface area (TPSA) is 64.4 Å². The Morgan fingerprint density at radius 3 is 2.42 bits per heavy atom. The van der Waals surface area contributed by atoms with Crippen LogP contribution in [0.2, 0.25) is 0 Å². The van der Waals surface area contributed by atoms with Crippen LogP contribution in [0.3, 0.4) is 0 Å². The van der Waals surface area contributed by atoms with Gasteiger partial charge in [-0.15, -0.1) is 5.10 Å². The Kier molecular flexibility index (Phi) is 6.71. The van der Waals surface area contributed by atoms with Crippen LogP contribution in [-0.2, 0) is 16.0 Å². The van der Waals surface area contributed by atoms with Crippen LogP contribution in [0, 0.1) is 0 Å². The van der Waals surface area contributed by atoms with Crippen LogP contribution in [0.4, 0.5) is 13.2 Å². The number of sulfone groups is 1. The zero-order valence-corrected chi connectivity index (χ0v) is 17.8. The molecule has 3 aromatic rings. The van der Waals surface area contributed by atoms with Crippen LogP contribution in [0.25, 0.3) is 5.69 Å². The summed E-state index contributed by atoms with van der Waals surface area (Å²) in [7, 11) is -0.519. The normalized spacial score (nSPS) is 12.3. The maximum atomic E-state index is 13.2. The van der Waals surface area contributed by atoms with Crippen molar-refractivity contribution in [1.29, 1.82) is 0 Å². The van der Waals surface area contributed by atoms with Gasteiger partial charge in [0.05, 0.1) is 29.0 Å². The Morgan fingerprint density at radius 1 is 1.06 bits per heavy atom. The molecule has 0 atom stereocenters. The van der Waals surface area contributed by atoms with E-state index in [0.717, 1.165) is 24.7 Å². The van der Waals surface area contributed by atoms with Crippen LogP contribution >= 0.6 is 0 Å². The maximum absolute atomic E-state index is 13.2. The van der Waals surface area contributed by atoms with E-state index in [1.165, 1.54) is 10.9 Å². The van der Waals surface area contributed by atoms with Crippen molar-refractivity contribution in [2.75, 3.05) is 27.2 Å². The summed E-state index contributed by atoms with van der Waals surface area (Å²) >= 11 is 0. The van der Waals surface area contributed by atoms with E-state index in [1.807, 2.05) is 19.0 Å². The molecule has 10 heteroatoms. The van der Waals surface area contributed by atoms with Crippen molar-refractivity contribution in [2.45, 2.75) is 22.4 Å². The van der Waals surface area contributed by atoms with E-state index >= 15 is 0 Å². The Bertz CT molecular complexity index is 1130. The summed E-state index contributed by atoms with van der Waals surface area (Å²) in [5, 5.41) is 4.24. The molecule has 0 bridgehead atoms. The lowest BCUT2D eigenvalue weighted by Gasteiger charge is -2.11. The third kappa shape index (κ3) is 5.45. The van der Waals surface area contributed by atoms with E-state index in [1.54, 1.807) is 30.3 Å². The molecule has 2 aromatic carbocycles. The lowest BCUT2D eigenvalue weighted by Crippen LogP contribution is -2.16. The highest BCUT2D eigenvalue weighted by Crippen LogP contribution is 2.34. The number of ether oxygens (including phenoxy) is 1. The molecule has 0 unspecified atom stereocenters. The Hall–Kier alpha value is -2.85. The van der Waals surface area contributed by atoms with Gasteiger partial charge in [0.25, 0.3) is 5.88 Å². The van der Waals surface area contributed by atoms with Gasteiger partial charge in [-0.2, -0.15) is 13.2 Å². The fourth-order valence-electron chi connectivity index (χ4n) is 2.86. The quantitative estimate of drug-likeness (QED) is 0.482. The minimum Gasteiger partial charge on any atom is -0.476 e. The van der Waals surface area contributed by atoms with Crippen molar-refractivity contribution in [3.05, 3.63) is 66.4 Å². The zero-order chi connectivity index (χ0) is 22.6. The molecule has 0 spiro atoms. The molecular weight excluding hydrogens is 431 g/mol. The molecular formula is C21H22F3N3O3S. The van der Waals surface area contributed by atoms with Gasteiger partial charge in [-0.05, 0) is 50.8 Å². The van der Waals surface area contributed by atoms with E-state index in [4.69, 9.17) is 4.74 Å². The third-order valence-corrected chi connectivity index (χ3v) is 6.15. The zero-order valence-electron chi connectivity index (χ0n) is 17.0. The van der Waals surface area contributed by atoms with Gasteiger partial charge in [-0.25, -0.2) is 13.1 Å². The highest BCUT2D eigenvalue weighted by molar-refractivity contribution is 7.91. The number of para-hydroxylation sites is 1. The van der Waals surface area contributed by atoms with E-state index in [0.29, 0.717) is 18.2 Å². The first-order valence-electron chi connectivity index (χ1n) is 9.44. The lowest BCUT2D eigenvalue weighted by atomic mass is 10.2. The standard InChI is InChI=1S/C21H22F3N3O3S/c1-26(2)12-7-13-30-20-19(15-27(25-20)17-9-4-3-5-10-17)31(28,29)18-11-6-8-16(14-18)21(22,23)24/h3-6,8-11,14-15H,7,12-13H2,1-2H3. The fraction of sp³-hybridized carbons (Fsp3) is 0.286. The van der Waals surface area contributed by atoms with Gasteiger partial charge in [0.2, 0.25) is 9.84 Å². The van der Waals surface area contributed by atoms with E-state index in [2.05, 4.69) is 5.10 Å². The van der Waals surface area contributed by atoms with Gasteiger partial charge in [0.1, 0.15) is 0 Å². The second kappa shape index (κ2) is 9.11. The predicted molar refractivity (Wildman–Crippen MR) is 109 cm³/mol. The fourth-order valence-corrected chi connectivity index (χ4v) is 4.22. The van der Waals surface area contributed by atoms with Gasteiger partial charge in [0.15, 0.2) is 4.90 Å². The van der Waals surface area contributed by atoms with Gasteiger partial charge < -0.3 is 9.64 Å². The Balaban J connectivity index is 2.02. The minimum absolute atomic E-state index is 0.153. The van der Waals surface area contributed by atoms with Crippen molar-refractivity contribution in [3.8, 4) is 11.6 Å². The van der Waals surface area contributed by atoms with Crippen molar-refractivity contribution in [2.24, 2.45) is 0 Å². The Labute approximate surface area is 178 Å². The summed E-state index contributed by atoms with van der Waals surface area (Å²) in [6.07, 6.45) is -2.79. The first kappa shape index (κ1) is 22.8. The number of rotatable bonds is 8. The number of alkyl halides is 3. The van der Waals surface area contributed by atoms with Crippen molar-refractivity contribution in [3.63, 3.8) is 0 Å². The summed E-state index contributed by atoms with van der Waals surface area (Å²) in [5.41, 5.74) is -0.455. The molecule has 166 valence electrons. The van der Waals surface area contributed by atoms with Crippen LogP contribution < -0.4 is 4.74 Å². The smallest absolute Gasteiger partial charge is 0.416 e. The predicted octanol–water partition coefficient (Wildman–Crippen LogP) is 4.05. The molecule has 0 N–H and O–H groups in total. The SMILES string of the molecule is CN(C)CCCOc1nn(-c2ccccc2)cc1S(=O)(=O)c1cccc(C(F)(F)F)c1. The number of hydrogen-bond donors (Lipinski definition) is 0. The van der Waals surface area contributed by atoms with Crippen molar-refractivity contribution >= 4 is 9.84 Å². The van der Waals surface area contributed by atoms with Crippen LogP contribution in [-0.4, -0.2) is 50.3 Å². The first-order valence-corrected chi connectivity index (χ1v) is 10.9. The molecule has 0 saturated heterocycles. The average molecular weight is 453 g/mol. The third-order valence-electron chi connectivity index (χ3n) is 4.42. The van der Waals surface area contributed by atoms with Crippen LogP contribution in [0.1, 0.15) is 12.0 Å². The largest absolute Gasteiger partial charge is 0.476 e. The molecule has 0 aliphatic carbocycles. The first-order chi connectivity index (χ1) is 14.6. The molecule has 3 rings (SSSR count). The summed E-state index contributed by atoms with van der Waals surface area (Å²) in [5.74, 6) is -0.153. The van der Waals surface area contributed by atoms with E-state index in [-0.39, 0.29) is 17.4 Å². The lowest BCUT2D eigenvalue weighted by molar-refractivity contribution is -0.137. The Morgan fingerprint density at radius 2 is 1.77 bits per heavy atom. The number of hydrogen-bond acceptors (Lipinski definition) is 5. The summed E-state index contributed by atoms with van der Waals surface area (Å²) in [6, 6.07) is 12.4. The van der Waals surface area contributed by atoms with Crippen molar-refractivity contribution < 1.29 is 26.3 Å². The van der Waals surface area contributed by atoms with Crippen molar-refractivity contribution in [1.82, 2.24) is 14.7 Å². The van der Waals surface area contributed by atoms with E-state index in [9.17, 15) is 21.6 Å². The number of benzene rings is 2. The summed E-state index contributed by atoms with van der Waals surface area (Å²) in [6.45, 7) is 0.921. The van der Waals surface area contributed by atoms with Gasteiger partial charge >= 0.3 is 6.18 Å². The number of halogens is 3. The number of aromatic nitrogens is 2.